The Labute approximate surface area is 197 Å². The van der Waals surface area contributed by atoms with Crippen molar-refractivity contribution < 1.29 is 17.9 Å². The van der Waals surface area contributed by atoms with Gasteiger partial charge >= 0.3 is 6.36 Å². The lowest BCUT2D eigenvalue weighted by molar-refractivity contribution is -0.274. The Morgan fingerprint density at radius 2 is 1.68 bits per heavy atom. The average Bonchev–Trinajstić information content (AvgIpc) is 2.80. The number of nitrogens with one attached hydrogen (secondary N) is 2. The fraction of sp³-hybridized carbons (Fsp3) is 0.440. The number of benzene rings is 2. The largest absolute Gasteiger partial charge is 0.573 e. The molecule has 0 spiro atoms. The van der Waals surface area contributed by atoms with Gasteiger partial charge in [0.15, 0.2) is 0 Å². The number of hydrogen-bond acceptors (Lipinski definition) is 6. The van der Waals surface area contributed by atoms with Crippen LogP contribution in [0.4, 0.5) is 24.9 Å². The molecule has 0 radical (unpaired) electrons. The van der Waals surface area contributed by atoms with Gasteiger partial charge in [-0.3, -0.25) is 0 Å². The molecule has 182 valence electrons. The van der Waals surface area contributed by atoms with E-state index in [0.717, 1.165) is 54.5 Å². The predicted octanol–water partition coefficient (Wildman–Crippen LogP) is 5.35. The number of anilines is 2. The Hall–Kier alpha value is -3.07. The predicted molar refractivity (Wildman–Crippen MR) is 128 cm³/mol. The zero-order valence-electron chi connectivity index (χ0n) is 19.4. The maximum Gasteiger partial charge on any atom is 0.573 e. The molecule has 2 aromatic carbocycles. The van der Waals surface area contributed by atoms with Crippen LogP contribution in [0.1, 0.15) is 31.2 Å². The van der Waals surface area contributed by atoms with Gasteiger partial charge in [-0.05, 0) is 68.0 Å². The monoisotopic (exact) mass is 473 g/mol. The van der Waals surface area contributed by atoms with Crippen LogP contribution in [0.5, 0.6) is 5.75 Å². The molecule has 0 aliphatic heterocycles. The maximum atomic E-state index is 12.3. The smallest absolute Gasteiger partial charge is 0.406 e. The van der Waals surface area contributed by atoms with Crippen LogP contribution in [-0.4, -0.2) is 43.0 Å². The molecule has 34 heavy (non-hydrogen) atoms. The Morgan fingerprint density at radius 3 is 2.35 bits per heavy atom. The highest BCUT2D eigenvalue weighted by molar-refractivity contribution is 5.90. The Balaban J connectivity index is 1.23. The average molecular weight is 474 g/mol. The molecule has 1 aromatic heterocycles. The minimum Gasteiger partial charge on any atom is -0.406 e. The van der Waals surface area contributed by atoms with E-state index in [4.69, 9.17) is 9.97 Å². The maximum absolute atomic E-state index is 12.3. The number of fused-ring (bicyclic) bond motifs is 1. The van der Waals surface area contributed by atoms with Gasteiger partial charge in [0, 0.05) is 32.1 Å². The zero-order valence-corrected chi connectivity index (χ0v) is 19.4. The van der Waals surface area contributed by atoms with Crippen LogP contribution in [-0.2, 0) is 6.54 Å². The number of hydrogen-bond donors (Lipinski definition) is 2. The molecule has 1 saturated carbocycles. The van der Waals surface area contributed by atoms with Gasteiger partial charge in [-0.15, -0.1) is 13.2 Å². The number of halogens is 3. The van der Waals surface area contributed by atoms with E-state index in [2.05, 4.69) is 15.4 Å². The van der Waals surface area contributed by atoms with Crippen molar-refractivity contribution in [1.82, 2.24) is 15.3 Å². The molecule has 6 nitrogen and oxygen atoms in total. The first-order valence-electron chi connectivity index (χ1n) is 11.5. The van der Waals surface area contributed by atoms with Gasteiger partial charge in [0.25, 0.3) is 0 Å². The summed E-state index contributed by atoms with van der Waals surface area (Å²) in [5.74, 6) is 1.95. The summed E-state index contributed by atoms with van der Waals surface area (Å²) in [4.78, 5) is 11.5. The molecule has 0 unspecified atom stereocenters. The highest BCUT2D eigenvalue weighted by Crippen LogP contribution is 2.28. The summed E-state index contributed by atoms with van der Waals surface area (Å²) < 4.78 is 40.7. The highest BCUT2D eigenvalue weighted by atomic mass is 19.4. The van der Waals surface area contributed by atoms with Crippen LogP contribution >= 0.6 is 0 Å². The van der Waals surface area contributed by atoms with Crippen molar-refractivity contribution >= 4 is 22.7 Å². The van der Waals surface area contributed by atoms with Crippen LogP contribution in [0.25, 0.3) is 10.9 Å². The van der Waals surface area contributed by atoms with E-state index in [-0.39, 0.29) is 5.75 Å². The SMILES string of the molecule is CN(C)c1nc(NC2CCC(CNCc3ccc(OC(F)(F)F)cc3)CC2)nc2ccccc12. The van der Waals surface area contributed by atoms with Gasteiger partial charge in [-0.1, -0.05) is 24.3 Å². The first kappa shape index (κ1) is 24.1. The fourth-order valence-corrected chi connectivity index (χ4v) is 4.39. The third-order valence-corrected chi connectivity index (χ3v) is 6.11. The van der Waals surface area contributed by atoms with E-state index in [1.165, 1.54) is 12.1 Å². The minimum absolute atomic E-state index is 0.199. The summed E-state index contributed by atoms with van der Waals surface area (Å²) in [7, 11) is 3.98. The summed E-state index contributed by atoms with van der Waals surface area (Å²) in [5, 5.41) is 8.00. The molecular formula is C25H30F3N5O. The van der Waals surface area contributed by atoms with Crippen molar-refractivity contribution in [3.8, 4) is 5.75 Å². The van der Waals surface area contributed by atoms with E-state index < -0.39 is 6.36 Å². The second-order valence-corrected chi connectivity index (χ2v) is 8.97. The second-order valence-electron chi connectivity index (χ2n) is 8.97. The topological polar surface area (TPSA) is 62.3 Å². The zero-order chi connectivity index (χ0) is 24.1. The summed E-state index contributed by atoms with van der Waals surface area (Å²) in [6.45, 7) is 1.49. The van der Waals surface area contributed by atoms with Crippen LogP contribution in [0.3, 0.4) is 0 Å². The number of rotatable bonds is 8. The van der Waals surface area contributed by atoms with Crippen LogP contribution in [0, 0.1) is 5.92 Å². The Bertz CT molecular complexity index is 1080. The number of ether oxygens (including phenoxy) is 1. The first-order chi connectivity index (χ1) is 16.3. The molecule has 1 fully saturated rings. The first-order valence-corrected chi connectivity index (χ1v) is 11.5. The molecule has 1 aliphatic carbocycles. The van der Waals surface area contributed by atoms with E-state index >= 15 is 0 Å². The molecule has 9 heteroatoms. The van der Waals surface area contributed by atoms with Crippen molar-refractivity contribution in [3.63, 3.8) is 0 Å². The lowest BCUT2D eigenvalue weighted by atomic mass is 9.86. The molecule has 4 rings (SSSR count). The van der Waals surface area contributed by atoms with Gasteiger partial charge in [0.1, 0.15) is 11.6 Å². The van der Waals surface area contributed by atoms with Gasteiger partial charge in [-0.25, -0.2) is 4.98 Å². The van der Waals surface area contributed by atoms with Gasteiger partial charge in [0.2, 0.25) is 5.95 Å². The van der Waals surface area contributed by atoms with E-state index in [1.807, 2.05) is 43.3 Å². The number of alkyl halides is 3. The molecular weight excluding hydrogens is 443 g/mol. The van der Waals surface area contributed by atoms with Crippen LogP contribution in [0.2, 0.25) is 0 Å². The summed E-state index contributed by atoms with van der Waals surface area (Å²) in [6, 6.07) is 14.4. The molecule has 0 saturated heterocycles. The van der Waals surface area contributed by atoms with Crippen molar-refractivity contribution in [2.75, 3.05) is 30.9 Å². The number of para-hydroxylation sites is 1. The molecule has 1 aliphatic rings. The molecule has 2 N–H and O–H groups in total. The number of nitrogens with zero attached hydrogens (tertiary/aromatic N) is 3. The molecule has 0 amide bonds. The number of aromatic nitrogens is 2. The normalized spacial score (nSPS) is 18.6. The molecule has 1 heterocycles. The van der Waals surface area contributed by atoms with Gasteiger partial charge < -0.3 is 20.3 Å². The third kappa shape index (κ3) is 6.50. The van der Waals surface area contributed by atoms with Gasteiger partial charge in [-0.2, -0.15) is 4.98 Å². The lowest BCUT2D eigenvalue weighted by Crippen LogP contribution is -2.31. The third-order valence-electron chi connectivity index (χ3n) is 6.11. The van der Waals surface area contributed by atoms with Crippen molar-refractivity contribution in [2.45, 2.75) is 44.6 Å². The Kier molecular flexibility index (Phi) is 7.41. The highest BCUT2D eigenvalue weighted by Gasteiger charge is 2.31. The Morgan fingerprint density at radius 1 is 0.971 bits per heavy atom. The summed E-state index contributed by atoms with van der Waals surface area (Å²) in [6.07, 6.45) is -0.385. The molecule has 0 atom stereocenters. The van der Waals surface area contributed by atoms with E-state index in [9.17, 15) is 13.2 Å². The van der Waals surface area contributed by atoms with Crippen LogP contribution < -0.4 is 20.3 Å². The molecule has 3 aromatic rings. The summed E-state index contributed by atoms with van der Waals surface area (Å²) >= 11 is 0. The van der Waals surface area contributed by atoms with Crippen molar-refractivity contribution in [2.24, 2.45) is 5.92 Å². The van der Waals surface area contributed by atoms with Gasteiger partial charge in [0.05, 0.1) is 5.52 Å². The van der Waals surface area contributed by atoms with E-state index in [0.29, 0.717) is 24.5 Å². The minimum atomic E-state index is -4.66. The summed E-state index contributed by atoms with van der Waals surface area (Å²) in [5.41, 5.74) is 1.86. The quantitative estimate of drug-likeness (QED) is 0.460. The standard InChI is InChI=1S/C25H30F3N5O/c1-33(2)23-21-5-3-4-6-22(21)31-24(32-23)30-19-11-7-17(8-12-19)15-29-16-18-9-13-20(14-10-18)34-25(26,27)28/h3-6,9-10,13-14,17,19,29H,7-8,11-12,15-16H2,1-2H3,(H,30,31,32). The van der Waals surface area contributed by atoms with Crippen molar-refractivity contribution in [1.29, 1.82) is 0 Å². The molecule has 0 bridgehead atoms. The van der Waals surface area contributed by atoms with Crippen molar-refractivity contribution in [3.05, 3.63) is 54.1 Å². The van der Waals surface area contributed by atoms with E-state index in [1.54, 1.807) is 12.1 Å². The fourth-order valence-electron chi connectivity index (χ4n) is 4.39. The lowest BCUT2D eigenvalue weighted by Gasteiger charge is -2.29. The van der Waals surface area contributed by atoms with Crippen LogP contribution in [0.15, 0.2) is 48.5 Å². The second kappa shape index (κ2) is 10.5.